The first kappa shape index (κ1) is 13.1. The van der Waals surface area contributed by atoms with Crippen molar-refractivity contribution in [1.29, 1.82) is 0 Å². The van der Waals surface area contributed by atoms with Crippen LogP contribution >= 0.6 is 0 Å². The molecule has 0 atom stereocenters. The second kappa shape index (κ2) is 5.25. The highest BCUT2D eigenvalue weighted by atomic mass is 16.4. The molecule has 0 aliphatic heterocycles. The van der Waals surface area contributed by atoms with Crippen molar-refractivity contribution in [2.75, 3.05) is 0 Å². The summed E-state index contributed by atoms with van der Waals surface area (Å²) < 4.78 is 1.51. The molecular formula is C17H13NO3. The van der Waals surface area contributed by atoms with Crippen molar-refractivity contribution in [3.05, 3.63) is 82.1 Å². The second-order valence-electron chi connectivity index (χ2n) is 4.80. The molecule has 0 saturated carbocycles. The van der Waals surface area contributed by atoms with Gasteiger partial charge in [0.15, 0.2) is 0 Å². The minimum Gasteiger partial charge on any atom is -0.477 e. The summed E-state index contributed by atoms with van der Waals surface area (Å²) >= 11 is 0. The summed E-state index contributed by atoms with van der Waals surface area (Å²) in [5, 5.41) is 9.94. The monoisotopic (exact) mass is 279 g/mol. The van der Waals surface area contributed by atoms with Crippen LogP contribution in [-0.4, -0.2) is 15.6 Å². The number of hydrogen-bond acceptors (Lipinski definition) is 2. The quantitative estimate of drug-likeness (QED) is 0.802. The average Bonchev–Trinajstić information content (AvgIpc) is 2.50. The SMILES string of the molecule is O=C(O)c1cc2ccccc2n(Cc2ccccc2)c1=O. The Bertz CT molecular complexity index is 866. The number of carboxylic acids is 1. The molecule has 0 radical (unpaired) electrons. The summed E-state index contributed by atoms with van der Waals surface area (Å²) in [6.45, 7) is 0.349. The van der Waals surface area contributed by atoms with E-state index in [0.29, 0.717) is 6.54 Å². The molecule has 0 saturated heterocycles. The highest BCUT2D eigenvalue weighted by Gasteiger charge is 2.14. The molecular weight excluding hydrogens is 266 g/mol. The zero-order valence-electron chi connectivity index (χ0n) is 11.2. The summed E-state index contributed by atoms with van der Waals surface area (Å²) in [7, 11) is 0. The maximum absolute atomic E-state index is 12.4. The van der Waals surface area contributed by atoms with Crippen LogP contribution in [-0.2, 0) is 6.54 Å². The number of aromatic nitrogens is 1. The molecule has 4 heteroatoms. The number of aromatic carboxylic acids is 1. The van der Waals surface area contributed by atoms with Crippen LogP contribution in [0.1, 0.15) is 15.9 Å². The predicted molar refractivity (Wildman–Crippen MR) is 80.7 cm³/mol. The van der Waals surface area contributed by atoms with Crippen molar-refractivity contribution in [1.82, 2.24) is 4.57 Å². The minimum atomic E-state index is -1.20. The highest BCUT2D eigenvalue weighted by molar-refractivity contribution is 5.92. The fraction of sp³-hybridized carbons (Fsp3) is 0.0588. The van der Waals surface area contributed by atoms with Crippen LogP contribution in [0.2, 0.25) is 0 Å². The number of para-hydroxylation sites is 1. The number of carbonyl (C=O) groups is 1. The van der Waals surface area contributed by atoms with Gasteiger partial charge in [-0.3, -0.25) is 4.79 Å². The van der Waals surface area contributed by atoms with E-state index in [1.165, 1.54) is 10.6 Å². The van der Waals surface area contributed by atoms with Crippen molar-refractivity contribution in [3.8, 4) is 0 Å². The first-order valence-electron chi connectivity index (χ1n) is 6.56. The maximum Gasteiger partial charge on any atom is 0.341 e. The fourth-order valence-corrected chi connectivity index (χ4v) is 2.40. The van der Waals surface area contributed by atoms with Gasteiger partial charge in [-0.1, -0.05) is 48.5 Å². The lowest BCUT2D eigenvalue weighted by atomic mass is 10.1. The molecule has 1 heterocycles. The van der Waals surface area contributed by atoms with E-state index in [-0.39, 0.29) is 5.56 Å². The Morgan fingerprint density at radius 1 is 1.00 bits per heavy atom. The molecule has 3 aromatic rings. The lowest BCUT2D eigenvalue weighted by Gasteiger charge is -2.11. The summed E-state index contributed by atoms with van der Waals surface area (Å²) in [6, 6.07) is 18.2. The first-order valence-corrected chi connectivity index (χ1v) is 6.56. The Kier molecular flexibility index (Phi) is 3.28. The van der Waals surface area contributed by atoms with Crippen molar-refractivity contribution >= 4 is 16.9 Å². The lowest BCUT2D eigenvalue weighted by Crippen LogP contribution is -2.27. The van der Waals surface area contributed by atoms with E-state index in [1.807, 2.05) is 54.6 Å². The lowest BCUT2D eigenvalue weighted by molar-refractivity contribution is 0.0694. The molecule has 0 spiro atoms. The van der Waals surface area contributed by atoms with Gasteiger partial charge in [0, 0.05) is 0 Å². The molecule has 1 aromatic heterocycles. The molecule has 104 valence electrons. The molecule has 3 rings (SSSR count). The molecule has 0 aliphatic rings. The number of nitrogens with zero attached hydrogens (tertiary/aromatic N) is 1. The molecule has 21 heavy (non-hydrogen) atoms. The van der Waals surface area contributed by atoms with E-state index >= 15 is 0 Å². The molecule has 4 nitrogen and oxygen atoms in total. The number of benzene rings is 2. The molecule has 0 unspecified atom stereocenters. The first-order chi connectivity index (χ1) is 10.2. The van der Waals surface area contributed by atoms with Gasteiger partial charge >= 0.3 is 5.97 Å². The van der Waals surface area contributed by atoms with Gasteiger partial charge in [0.05, 0.1) is 12.1 Å². The van der Waals surface area contributed by atoms with Gasteiger partial charge in [0.1, 0.15) is 5.56 Å². The summed E-state index contributed by atoms with van der Waals surface area (Å²) in [5.41, 5.74) is 0.998. The van der Waals surface area contributed by atoms with Crippen LogP contribution < -0.4 is 5.56 Å². The van der Waals surface area contributed by atoms with Crippen LogP contribution in [0.15, 0.2) is 65.5 Å². The predicted octanol–water partition coefficient (Wildman–Crippen LogP) is 2.75. The van der Waals surface area contributed by atoms with Crippen LogP contribution in [0.5, 0.6) is 0 Å². The van der Waals surface area contributed by atoms with Gasteiger partial charge in [-0.05, 0) is 23.1 Å². The number of carboxylic acid groups (broad SMARTS) is 1. The highest BCUT2D eigenvalue weighted by Crippen LogP contribution is 2.15. The topological polar surface area (TPSA) is 59.3 Å². The Hall–Kier alpha value is -2.88. The molecule has 0 bridgehead atoms. The molecule has 0 fully saturated rings. The van der Waals surface area contributed by atoms with E-state index in [1.54, 1.807) is 0 Å². The van der Waals surface area contributed by atoms with Gasteiger partial charge in [-0.2, -0.15) is 0 Å². The normalized spacial score (nSPS) is 10.7. The third-order valence-electron chi connectivity index (χ3n) is 3.42. The fourth-order valence-electron chi connectivity index (χ4n) is 2.40. The van der Waals surface area contributed by atoms with Gasteiger partial charge in [0.25, 0.3) is 5.56 Å². The third-order valence-corrected chi connectivity index (χ3v) is 3.42. The van der Waals surface area contributed by atoms with Gasteiger partial charge in [-0.25, -0.2) is 4.79 Å². The standard InChI is InChI=1S/C17H13NO3/c19-16-14(17(20)21)10-13-8-4-5-9-15(13)18(16)11-12-6-2-1-3-7-12/h1-10H,11H2,(H,20,21). The summed E-state index contributed by atoms with van der Waals surface area (Å²) in [5.74, 6) is -1.20. The van der Waals surface area contributed by atoms with Crippen molar-refractivity contribution in [2.24, 2.45) is 0 Å². The van der Waals surface area contributed by atoms with Gasteiger partial charge < -0.3 is 9.67 Å². The van der Waals surface area contributed by atoms with Gasteiger partial charge in [0.2, 0.25) is 0 Å². The summed E-state index contributed by atoms with van der Waals surface area (Å²) in [6.07, 6.45) is 0. The van der Waals surface area contributed by atoms with Gasteiger partial charge in [-0.15, -0.1) is 0 Å². The van der Waals surface area contributed by atoms with E-state index in [0.717, 1.165) is 16.5 Å². The van der Waals surface area contributed by atoms with Crippen LogP contribution in [0.25, 0.3) is 10.9 Å². The van der Waals surface area contributed by atoms with Crippen molar-refractivity contribution in [3.63, 3.8) is 0 Å². The molecule has 0 amide bonds. The second-order valence-corrected chi connectivity index (χ2v) is 4.80. The number of fused-ring (bicyclic) bond motifs is 1. The Balaban J connectivity index is 2.26. The van der Waals surface area contributed by atoms with Crippen molar-refractivity contribution in [2.45, 2.75) is 6.54 Å². The zero-order chi connectivity index (χ0) is 14.8. The largest absolute Gasteiger partial charge is 0.477 e. The molecule has 2 aromatic carbocycles. The van der Waals surface area contributed by atoms with Crippen LogP contribution in [0.3, 0.4) is 0 Å². The zero-order valence-corrected chi connectivity index (χ0v) is 11.2. The van der Waals surface area contributed by atoms with E-state index < -0.39 is 11.5 Å². The third kappa shape index (κ3) is 2.43. The minimum absolute atomic E-state index is 0.204. The van der Waals surface area contributed by atoms with E-state index in [9.17, 15) is 14.7 Å². The summed E-state index contributed by atoms with van der Waals surface area (Å²) in [4.78, 5) is 23.7. The maximum atomic E-state index is 12.4. The number of hydrogen-bond donors (Lipinski definition) is 1. The molecule has 1 N–H and O–H groups in total. The average molecular weight is 279 g/mol. The van der Waals surface area contributed by atoms with Crippen LogP contribution in [0, 0.1) is 0 Å². The number of rotatable bonds is 3. The smallest absolute Gasteiger partial charge is 0.341 e. The van der Waals surface area contributed by atoms with Crippen LogP contribution in [0.4, 0.5) is 0 Å². The Morgan fingerprint density at radius 2 is 1.67 bits per heavy atom. The van der Waals surface area contributed by atoms with Crippen molar-refractivity contribution < 1.29 is 9.90 Å². The Morgan fingerprint density at radius 3 is 2.38 bits per heavy atom. The van der Waals surface area contributed by atoms with E-state index in [2.05, 4.69) is 0 Å². The van der Waals surface area contributed by atoms with E-state index in [4.69, 9.17) is 0 Å². The Labute approximate surface area is 120 Å². The number of pyridine rings is 1. The molecule has 0 aliphatic carbocycles.